The molecular weight excluding hydrogens is 308 g/mol. The molecule has 1 rings (SSSR count). The molecule has 1 heterocycles. The number of aromatic nitrogens is 1. The molecule has 1 N–H and O–H groups in total. The molecule has 0 atom stereocenters. The topological polar surface area (TPSA) is 24.9 Å². The van der Waals surface area contributed by atoms with Crippen LogP contribution in [0, 0.1) is 3.57 Å². The van der Waals surface area contributed by atoms with Crippen molar-refractivity contribution in [3.63, 3.8) is 0 Å². The van der Waals surface area contributed by atoms with Crippen LogP contribution >= 0.6 is 22.6 Å². The van der Waals surface area contributed by atoms with E-state index in [2.05, 4.69) is 32.9 Å². The Hall–Kier alpha value is -0.530. The number of pyridine rings is 1. The lowest BCUT2D eigenvalue weighted by molar-refractivity contribution is -0.131. The smallest absolute Gasteiger partial charge is 0.370 e. The molecule has 0 saturated heterocycles. The van der Waals surface area contributed by atoms with E-state index in [0.29, 0.717) is 5.82 Å². The highest BCUT2D eigenvalue weighted by molar-refractivity contribution is 14.1. The summed E-state index contributed by atoms with van der Waals surface area (Å²) >= 11 is 2.07. The lowest BCUT2D eigenvalue weighted by atomic mass is 10.4. The fraction of sp³-hybridized carbons (Fsp3) is 0.375. The third-order valence-corrected chi connectivity index (χ3v) is 2.11. The predicted molar refractivity (Wildman–Crippen MR) is 56.1 cm³/mol. The molecule has 0 aliphatic carbocycles. The van der Waals surface area contributed by atoms with Gasteiger partial charge in [-0.15, -0.1) is 0 Å². The van der Waals surface area contributed by atoms with Crippen molar-refractivity contribution in [2.24, 2.45) is 0 Å². The summed E-state index contributed by atoms with van der Waals surface area (Å²) in [7, 11) is 0. The maximum Gasteiger partial charge on any atom is 0.390 e. The Kier molecular flexibility index (Phi) is 3.97. The Morgan fingerprint density at radius 2 is 2.14 bits per heavy atom. The predicted octanol–water partition coefficient (Wildman–Crippen LogP) is 3.05. The van der Waals surface area contributed by atoms with Crippen molar-refractivity contribution in [2.75, 3.05) is 11.9 Å². The number of halogens is 4. The van der Waals surface area contributed by atoms with Crippen LogP contribution in [0.4, 0.5) is 19.0 Å². The summed E-state index contributed by atoms with van der Waals surface area (Å²) in [4.78, 5) is 3.88. The van der Waals surface area contributed by atoms with Crippen LogP contribution < -0.4 is 5.32 Å². The van der Waals surface area contributed by atoms with Crippen LogP contribution in [-0.4, -0.2) is 17.7 Å². The molecule has 0 saturated carbocycles. The number of alkyl halides is 3. The first-order valence-corrected chi connectivity index (χ1v) is 4.97. The molecule has 0 unspecified atom stereocenters. The van der Waals surface area contributed by atoms with Gasteiger partial charge in [0.25, 0.3) is 0 Å². The molecule has 0 aliphatic rings. The molecule has 0 fully saturated rings. The number of nitrogens with one attached hydrogen (secondary N) is 1. The van der Waals surface area contributed by atoms with Gasteiger partial charge < -0.3 is 5.32 Å². The Bertz CT molecular complexity index is 301. The highest BCUT2D eigenvalue weighted by Crippen LogP contribution is 2.19. The fourth-order valence-electron chi connectivity index (χ4n) is 0.834. The normalized spacial score (nSPS) is 11.4. The van der Waals surface area contributed by atoms with Crippen molar-refractivity contribution in [2.45, 2.75) is 12.6 Å². The van der Waals surface area contributed by atoms with Gasteiger partial charge in [-0.25, -0.2) is 4.98 Å². The Balaban J connectivity index is 2.39. The maximum absolute atomic E-state index is 11.8. The second kappa shape index (κ2) is 4.81. The van der Waals surface area contributed by atoms with Gasteiger partial charge in [0.05, 0.1) is 6.42 Å². The van der Waals surface area contributed by atoms with E-state index in [1.165, 1.54) is 0 Å². The molecule has 1 aromatic rings. The van der Waals surface area contributed by atoms with E-state index in [9.17, 15) is 13.2 Å². The number of hydrogen-bond donors (Lipinski definition) is 1. The van der Waals surface area contributed by atoms with E-state index in [1.54, 1.807) is 18.3 Å². The van der Waals surface area contributed by atoms with Gasteiger partial charge in [0.2, 0.25) is 0 Å². The summed E-state index contributed by atoms with van der Waals surface area (Å²) in [6, 6.07) is 3.46. The van der Waals surface area contributed by atoms with E-state index in [1.807, 2.05) is 0 Å². The first kappa shape index (κ1) is 11.5. The maximum atomic E-state index is 11.8. The van der Waals surface area contributed by atoms with Crippen LogP contribution in [0.1, 0.15) is 6.42 Å². The summed E-state index contributed by atoms with van der Waals surface area (Å²) in [5.41, 5.74) is 0. The monoisotopic (exact) mass is 316 g/mol. The number of hydrogen-bond acceptors (Lipinski definition) is 2. The van der Waals surface area contributed by atoms with Gasteiger partial charge in [0.1, 0.15) is 5.82 Å². The molecule has 0 spiro atoms. The van der Waals surface area contributed by atoms with Crippen molar-refractivity contribution in [1.29, 1.82) is 0 Å². The second-order valence-corrected chi connectivity index (χ2v) is 3.90. The average molecular weight is 316 g/mol. The highest BCUT2D eigenvalue weighted by atomic mass is 127. The molecule has 0 aliphatic heterocycles. The van der Waals surface area contributed by atoms with Crippen molar-refractivity contribution in [3.8, 4) is 0 Å². The lowest BCUT2D eigenvalue weighted by Crippen LogP contribution is -2.15. The molecule has 0 radical (unpaired) electrons. The zero-order chi connectivity index (χ0) is 10.6. The van der Waals surface area contributed by atoms with E-state index in [-0.39, 0.29) is 6.54 Å². The zero-order valence-electron chi connectivity index (χ0n) is 7.11. The summed E-state index contributed by atoms with van der Waals surface area (Å²) in [6.07, 6.45) is -3.41. The minimum absolute atomic E-state index is 0.142. The van der Waals surface area contributed by atoms with Crippen molar-refractivity contribution < 1.29 is 13.2 Å². The lowest BCUT2D eigenvalue weighted by Gasteiger charge is -2.07. The zero-order valence-corrected chi connectivity index (χ0v) is 9.26. The summed E-state index contributed by atoms with van der Waals surface area (Å²) < 4.78 is 36.3. The standard InChI is InChI=1S/C8H8F3IN2/c9-8(10,11)2-4-14-7-5-6(12)1-3-13-7/h1,3,5H,2,4H2,(H,13,14). The molecule has 0 bridgehead atoms. The van der Waals surface area contributed by atoms with Crippen LogP contribution in [0.2, 0.25) is 0 Å². The molecule has 0 amide bonds. The Morgan fingerprint density at radius 1 is 1.43 bits per heavy atom. The van der Waals surface area contributed by atoms with E-state index >= 15 is 0 Å². The summed E-state index contributed by atoms with van der Waals surface area (Å²) in [5, 5.41) is 2.61. The SMILES string of the molecule is FC(F)(F)CCNc1cc(I)ccn1. The van der Waals surface area contributed by atoms with Gasteiger partial charge in [0, 0.05) is 16.3 Å². The molecule has 14 heavy (non-hydrogen) atoms. The summed E-state index contributed by atoms with van der Waals surface area (Å²) in [5.74, 6) is 0.473. The van der Waals surface area contributed by atoms with Crippen LogP contribution in [-0.2, 0) is 0 Å². The van der Waals surface area contributed by atoms with Crippen LogP contribution in [0.5, 0.6) is 0 Å². The Labute approximate surface area is 93.1 Å². The van der Waals surface area contributed by atoms with E-state index in [4.69, 9.17) is 0 Å². The van der Waals surface area contributed by atoms with Crippen molar-refractivity contribution in [3.05, 3.63) is 21.9 Å². The van der Waals surface area contributed by atoms with Crippen LogP contribution in [0.15, 0.2) is 18.3 Å². The molecule has 0 aromatic carbocycles. The van der Waals surface area contributed by atoms with Crippen LogP contribution in [0.25, 0.3) is 0 Å². The number of anilines is 1. The largest absolute Gasteiger partial charge is 0.390 e. The van der Waals surface area contributed by atoms with Gasteiger partial charge in [-0.2, -0.15) is 13.2 Å². The minimum atomic E-state index is -4.12. The van der Waals surface area contributed by atoms with Crippen molar-refractivity contribution >= 4 is 28.4 Å². The minimum Gasteiger partial charge on any atom is -0.370 e. The second-order valence-electron chi connectivity index (χ2n) is 2.65. The van der Waals surface area contributed by atoms with Crippen molar-refractivity contribution in [1.82, 2.24) is 4.98 Å². The Morgan fingerprint density at radius 3 is 2.71 bits per heavy atom. The average Bonchev–Trinajstić information content (AvgIpc) is 2.01. The van der Waals surface area contributed by atoms with Gasteiger partial charge in [0.15, 0.2) is 0 Å². The van der Waals surface area contributed by atoms with Gasteiger partial charge in [-0.05, 0) is 34.7 Å². The molecule has 78 valence electrons. The third-order valence-electron chi connectivity index (χ3n) is 1.44. The van der Waals surface area contributed by atoms with Gasteiger partial charge in [-0.3, -0.25) is 0 Å². The van der Waals surface area contributed by atoms with Gasteiger partial charge in [-0.1, -0.05) is 0 Å². The molecule has 6 heteroatoms. The number of rotatable bonds is 3. The molecule has 2 nitrogen and oxygen atoms in total. The first-order valence-electron chi connectivity index (χ1n) is 3.89. The third kappa shape index (κ3) is 4.64. The fourth-order valence-corrected chi connectivity index (χ4v) is 1.29. The number of nitrogens with zero attached hydrogens (tertiary/aromatic N) is 1. The molecular formula is C8H8F3IN2. The van der Waals surface area contributed by atoms with E-state index in [0.717, 1.165) is 3.57 Å². The van der Waals surface area contributed by atoms with Gasteiger partial charge >= 0.3 is 6.18 Å². The highest BCUT2D eigenvalue weighted by Gasteiger charge is 2.26. The molecule has 1 aromatic heterocycles. The van der Waals surface area contributed by atoms with E-state index < -0.39 is 12.6 Å². The quantitative estimate of drug-likeness (QED) is 0.867. The van der Waals surface area contributed by atoms with Crippen LogP contribution in [0.3, 0.4) is 0 Å². The first-order chi connectivity index (χ1) is 6.47. The summed E-state index contributed by atoms with van der Waals surface area (Å²) in [6.45, 7) is -0.142.